The Morgan fingerprint density at radius 2 is 1.94 bits per heavy atom. The lowest BCUT2D eigenvalue weighted by atomic mass is 9.90. The summed E-state index contributed by atoms with van der Waals surface area (Å²) in [6.07, 6.45) is 3.79. The van der Waals surface area contributed by atoms with Gasteiger partial charge >= 0.3 is 0 Å². The molecule has 0 unspecified atom stereocenters. The van der Waals surface area contributed by atoms with E-state index >= 15 is 0 Å². The monoisotopic (exact) mass is 233 g/mol. The Morgan fingerprint density at radius 1 is 1.18 bits per heavy atom. The zero-order chi connectivity index (χ0) is 11.7. The molecule has 3 nitrogen and oxygen atoms in total. The Kier molecular flexibility index (Phi) is 2.93. The van der Waals surface area contributed by atoms with Crippen LogP contribution in [0.4, 0.5) is 0 Å². The third-order valence-electron chi connectivity index (χ3n) is 3.80. The molecule has 0 aliphatic carbocycles. The largest absolute Gasteiger partial charge is 0.454 e. The summed E-state index contributed by atoms with van der Waals surface area (Å²) >= 11 is 0. The molecule has 2 heterocycles. The van der Waals surface area contributed by atoms with Gasteiger partial charge in [0.15, 0.2) is 11.5 Å². The van der Waals surface area contributed by atoms with Gasteiger partial charge in [-0.3, -0.25) is 0 Å². The topological polar surface area (TPSA) is 21.7 Å². The van der Waals surface area contributed by atoms with Crippen LogP contribution in [0.2, 0.25) is 0 Å². The molecule has 1 saturated heterocycles. The van der Waals surface area contributed by atoms with Gasteiger partial charge in [0.25, 0.3) is 0 Å². The molecular weight excluding hydrogens is 214 g/mol. The second kappa shape index (κ2) is 4.57. The van der Waals surface area contributed by atoms with E-state index in [2.05, 4.69) is 24.1 Å². The summed E-state index contributed by atoms with van der Waals surface area (Å²) in [6.45, 7) is 2.83. The molecule has 1 fully saturated rings. The first kappa shape index (κ1) is 10.9. The van der Waals surface area contributed by atoms with Crippen molar-refractivity contribution in [2.45, 2.75) is 19.3 Å². The van der Waals surface area contributed by atoms with Crippen LogP contribution in [-0.4, -0.2) is 31.8 Å². The average molecular weight is 233 g/mol. The third-order valence-corrected chi connectivity index (χ3v) is 3.80. The van der Waals surface area contributed by atoms with E-state index in [1.165, 1.54) is 37.9 Å². The molecule has 3 heteroatoms. The predicted molar refractivity (Wildman–Crippen MR) is 66.5 cm³/mol. The average Bonchev–Trinajstić information content (AvgIpc) is 2.79. The Balaban J connectivity index is 1.65. The quantitative estimate of drug-likeness (QED) is 0.782. The van der Waals surface area contributed by atoms with Gasteiger partial charge in [-0.2, -0.15) is 0 Å². The number of hydrogen-bond acceptors (Lipinski definition) is 3. The number of rotatable bonds is 2. The molecule has 0 amide bonds. The first-order valence-electron chi connectivity index (χ1n) is 6.38. The highest BCUT2D eigenvalue weighted by molar-refractivity contribution is 5.44. The van der Waals surface area contributed by atoms with Gasteiger partial charge in [0.2, 0.25) is 6.79 Å². The van der Waals surface area contributed by atoms with Gasteiger partial charge in [-0.05, 0) is 63.0 Å². The molecule has 0 atom stereocenters. The van der Waals surface area contributed by atoms with Crippen LogP contribution in [0.25, 0.3) is 0 Å². The van der Waals surface area contributed by atoms with Crippen molar-refractivity contribution in [3.63, 3.8) is 0 Å². The molecule has 0 spiro atoms. The maximum absolute atomic E-state index is 5.41. The Morgan fingerprint density at radius 3 is 2.76 bits per heavy atom. The molecule has 1 aromatic carbocycles. The smallest absolute Gasteiger partial charge is 0.231 e. The van der Waals surface area contributed by atoms with Gasteiger partial charge in [-0.25, -0.2) is 0 Å². The molecular formula is C14H19NO2. The maximum Gasteiger partial charge on any atom is 0.231 e. The van der Waals surface area contributed by atoms with Crippen LogP contribution in [-0.2, 0) is 6.42 Å². The predicted octanol–water partition coefficient (Wildman–Crippen LogP) is 2.30. The Hall–Kier alpha value is -1.22. The molecule has 0 radical (unpaired) electrons. The SMILES string of the molecule is CN1CCC(Cc2ccc3c(c2)OCO3)CC1. The molecule has 0 saturated carbocycles. The number of nitrogens with zero attached hydrogens (tertiary/aromatic N) is 1. The van der Waals surface area contributed by atoms with E-state index in [0.717, 1.165) is 17.4 Å². The van der Waals surface area contributed by atoms with E-state index in [9.17, 15) is 0 Å². The number of likely N-dealkylation sites (tertiary alicyclic amines) is 1. The zero-order valence-corrected chi connectivity index (χ0v) is 10.3. The molecule has 1 aromatic rings. The normalized spacial score (nSPS) is 20.8. The fraction of sp³-hybridized carbons (Fsp3) is 0.571. The first-order valence-corrected chi connectivity index (χ1v) is 6.38. The van der Waals surface area contributed by atoms with Crippen LogP contribution in [0.15, 0.2) is 18.2 Å². The maximum atomic E-state index is 5.41. The van der Waals surface area contributed by atoms with Crippen molar-refractivity contribution in [1.82, 2.24) is 4.90 Å². The summed E-state index contributed by atoms with van der Waals surface area (Å²) in [6, 6.07) is 6.35. The van der Waals surface area contributed by atoms with Crippen molar-refractivity contribution in [2.75, 3.05) is 26.9 Å². The molecule has 92 valence electrons. The van der Waals surface area contributed by atoms with Gasteiger partial charge in [-0.15, -0.1) is 0 Å². The second-order valence-electron chi connectivity index (χ2n) is 5.14. The van der Waals surface area contributed by atoms with Crippen molar-refractivity contribution in [3.8, 4) is 11.5 Å². The summed E-state index contributed by atoms with van der Waals surface area (Å²) in [4.78, 5) is 2.41. The van der Waals surface area contributed by atoms with E-state index in [1.807, 2.05) is 6.07 Å². The minimum absolute atomic E-state index is 0.368. The lowest BCUT2D eigenvalue weighted by Crippen LogP contribution is -2.30. The van der Waals surface area contributed by atoms with E-state index in [1.54, 1.807) is 0 Å². The van der Waals surface area contributed by atoms with Gasteiger partial charge < -0.3 is 14.4 Å². The van der Waals surface area contributed by atoms with Crippen LogP contribution >= 0.6 is 0 Å². The lowest BCUT2D eigenvalue weighted by molar-refractivity contribution is 0.174. The third kappa shape index (κ3) is 2.39. The lowest BCUT2D eigenvalue weighted by Gasteiger charge is -2.28. The zero-order valence-electron chi connectivity index (χ0n) is 10.3. The van der Waals surface area contributed by atoms with Crippen molar-refractivity contribution >= 4 is 0 Å². The fourth-order valence-electron chi connectivity index (χ4n) is 2.67. The minimum Gasteiger partial charge on any atom is -0.454 e. The molecule has 3 rings (SSSR count). The van der Waals surface area contributed by atoms with Gasteiger partial charge in [0.1, 0.15) is 0 Å². The highest BCUT2D eigenvalue weighted by Crippen LogP contribution is 2.33. The van der Waals surface area contributed by atoms with Crippen LogP contribution in [0.3, 0.4) is 0 Å². The summed E-state index contributed by atoms with van der Waals surface area (Å²) in [7, 11) is 2.21. The first-order chi connectivity index (χ1) is 8.31. The molecule has 0 bridgehead atoms. The second-order valence-corrected chi connectivity index (χ2v) is 5.14. The van der Waals surface area contributed by atoms with Crippen molar-refractivity contribution < 1.29 is 9.47 Å². The highest BCUT2D eigenvalue weighted by Gasteiger charge is 2.19. The van der Waals surface area contributed by atoms with E-state index in [0.29, 0.717) is 6.79 Å². The van der Waals surface area contributed by atoms with E-state index in [4.69, 9.17) is 9.47 Å². The Bertz CT molecular complexity index is 397. The van der Waals surface area contributed by atoms with Gasteiger partial charge in [0, 0.05) is 0 Å². The summed E-state index contributed by atoms with van der Waals surface area (Å²) < 4.78 is 10.7. The van der Waals surface area contributed by atoms with Crippen LogP contribution in [0, 0.1) is 5.92 Å². The van der Waals surface area contributed by atoms with Crippen LogP contribution < -0.4 is 9.47 Å². The highest BCUT2D eigenvalue weighted by atomic mass is 16.7. The number of hydrogen-bond donors (Lipinski definition) is 0. The minimum atomic E-state index is 0.368. The van der Waals surface area contributed by atoms with Gasteiger partial charge in [-0.1, -0.05) is 6.07 Å². The summed E-state index contributed by atoms with van der Waals surface area (Å²) in [5.41, 5.74) is 1.38. The summed E-state index contributed by atoms with van der Waals surface area (Å²) in [5, 5.41) is 0. The standard InChI is InChI=1S/C14H19NO2/c1-15-6-4-11(5-7-15)8-12-2-3-13-14(9-12)17-10-16-13/h2-3,9,11H,4-8,10H2,1H3. The van der Waals surface area contributed by atoms with Crippen molar-refractivity contribution in [3.05, 3.63) is 23.8 Å². The molecule has 2 aliphatic rings. The fourth-order valence-corrected chi connectivity index (χ4v) is 2.67. The van der Waals surface area contributed by atoms with Crippen molar-refractivity contribution in [1.29, 1.82) is 0 Å². The summed E-state index contributed by atoms with van der Waals surface area (Å²) in [5.74, 6) is 2.62. The molecule has 0 aromatic heterocycles. The van der Waals surface area contributed by atoms with Crippen molar-refractivity contribution in [2.24, 2.45) is 5.92 Å². The number of ether oxygens (including phenoxy) is 2. The van der Waals surface area contributed by atoms with Gasteiger partial charge in [0.05, 0.1) is 0 Å². The molecule has 0 N–H and O–H groups in total. The van der Waals surface area contributed by atoms with Crippen LogP contribution in [0.5, 0.6) is 11.5 Å². The number of fused-ring (bicyclic) bond motifs is 1. The number of piperidine rings is 1. The molecule has 2 aliphatic heterocycles. The molecule has 17 heavy (non-hydrogen) atoms. The van der Waals surface area contributed by atoms with E-state index in [-0.39, 0.29) is 0 Å². The van der Waals surface area contributed by atoms with E-state index < -0.39 is 0 Å². The Labute approximate surface area is 102 Å². The number of benzene rings is 1. The van der Waals surface area contributed by atoms with Crippen LogP contribution in [0.1, 0.15) is 18.4 Å².